The van der Waals surface area contributed by atoms with E-state index in [1.165, 1.54) is 0 Å². The van der Waals surface area contributed by atoms with Gasteiger partial charge in [0.2, 0.25) is 5.91 Å². The Hall–Kier alpha value is -2.89. The average molecular weight is 364 g/mol. The van der Waals surface area contributed by atoms with Crippen LogP contribution in [0, 0.1) is 0 Å². The number of fused-ring (bicyclic) bond motifs is 1. The maximum Gasteiger partial charge on any atom is 0.331 e. The topological polar surface area (TPSA) is 60.1 Å². The highest BCUT2D eigenvalue weighted by atomic mass is 16.2. The molecule has 1 fully saturated rings. The lowest BCUT2D eigenvalue weighted by molar-refractivity contribution is -0.131. The largest absolute Gasteiger partial charge is 0.340 e. The Kier molecular flexibility index (Phi) is 4.79. The van der Waals surface area contributed by atoms with Gasteiger partial charge in [-0.15, -0.1) is 0 Å². The summed E-state index contributed by atoms with van der Waals surface area (Å²) in [5.41, 5.74) is 2.36. The number of rotatable bonds is 5. The normalized spacial score (nSPS) is 14.7. The second kappa shape index (κ2) is 7.39. The zero-order valence-electron chi connectivity index (χ0n) is 15.5. The molecule has 6 heteroatoms. The van der Waals surface area contributed by atoms with Crippen molar-refractivity contribution in [2.24, 2.45) is 0 Å². The number of imidazole rings is 1. The summed E-state index contributed by atoms with van der Waals surface area (Å²) in [7, 11) is 1.77. The van der Waals surface area contributed by atoms with Crippen LogP contribution in [-0.2, 0) is 17.9 Å². The van der Waals surface area contributed by atoms with Crippen molar-refractivity contribution in [1.29, 1.82) is 0 Å². The minimum atomic E-state index is -0.128. The van der Waals surface area contributed by atoms with Crippen LogP contribution in [0.25, 0.3) is 11.2 Å². The lowest BCUT2D eigenvalue weighted by Crippen LogP contribution is -2.34. The summed E-state index contributed by atoms with van der Waals surface area (Å²) in [6.07, 6.45) is 5.97. The van der Waals surface area contributed by atoms with Crippen LogP contribution in [-0.4, -0.2) is 32.0 Å². The van der Waals surface area contributed by atoms with Crippen molar-refractivity contribution in [2.75, 3.05) is 7.05 Å². The third kappa shape index (κ3) is 3.39. The Bertz CT molecular complexity index is 1000. The number of benzene rings is 1. The molecule has 27 heavy (non-hydrogen) atoms. The van der Waals surface area contributed by atoms with E-state index in [2.05, 4.69) is 4.98 Å². The Labute approximate surface area is 158 Å². The molecule has 6 nitrogen and oxygen atoms in total. The number of likely N-dealkylation sites (N-methyl/N-ethyl adjacent to an activating group) is 1. The Morgan fingerprint density at radius 1 is 1.15 bits per heavy atom. The van der Waals surface area contributed by atoms with E-state index in [4.69, 9.17) is 0 Å². The summed E-state index contributed by atoms with van der Waals surface area (Å²) >= 11 is 0. The zero-order valence-corrected chi connectivity index (χ0v) is 15.5. The standard InChI is InChI=1S/C21H24N4O2/c1-23(14-16-8-3-2-4-9-16)19(26)15-24-18-12-7-13-22-20(18)25(21(24)27)17-10-5-6-11-17/h2-4,7-9,12-13,17H,5-6,10-11,14-15H2,1H3. The second-order valence-corrected chi connectivity index (χ2v) is 7.26. The molecule has 3 aromatic rings. The predicted octanol–water partition coefficient (Wildman–Crippen LogP) is 2.97. The van der Waals surface area contributed by atoms with E-state index >= 15 is 0 Å². The Morgan fingerprint density at radius 2 is 1.89 bits per heavy atom. The van der Waals surface area contributed by atoms with Gasteiger partial charge in [0.15, 0.2) is 5.65 Å². The number of carbonyl (C=O) groups is 1. The number of hydrogen-bond acceptors (Lipinski definition) is 3. The minimum absolute atomic E-state index is 0.0318. The van der Waals surface area contributed by atoms with Gasteiger partial charge in [0.25, 0.3) is 0 Å². The first-order valence-corrected chi connectivity index (χ1v) is 9.49. The van der Waals surface area contributed by atoms with Gasteiger partial charge in [-0.2, -0.15) is 0 Å². The van der Waals surface area contributed by atoms with E-state index in [-0.39, 0.29) is 24.2 Å². The van der Waals surface area contributed by atoms with E-state index < -0.39 is 0 Å². The summed E-state index contributed by atoms with van der Waals surface area (Å²) in [5.74, 6) is -0.0877. The van der Waals surface area contributed by atoms with Gasteiger partial charge in [-0.05, 0) is 30.5 Å². The molecule has 0 bridgehead atoms. The fourth-order valence-electron chi connectivity index (χ4n) is 3.95. The molecule has 1 saturated carbocycles. The van der Waals surface area contributed by atoms with E-state index in [1.807, 2.05) is 42.5 Å². The first kappa shape index (κ1) is 17.5. The summed E-state index contributed by atoms with van der Waals surface area (Å²) in [4.78, 5) is 32.0. The summed E-state index contributed by atoms with van der Waals surface area (Å²) in [6.45, 7) is 0.554. The van der Waals surface area contributed by atoms with Crippen LogP contribution >= 0.6 is 0 Å². The number of nitrogens with zero attached hydrogens (tertiary/aromatic N) is 4. The van der Waals surface area contributed by atoms with Crippen LogP contribution in [0.15, 0.2) is 53.5 Å². The fourth-order valence-corrected chi connectivity index (χ4v) is 3.95. The molecule has 2 heterocycles. The summed E-state index contributed by atoms with van der Waals surface area (Å²) in [5, 5.41) is 0. The fraction of sp³-hybridized carbons (Fsp3) is 0.381. The van der Waals surface area contributed by atoms with Crippen molar-refractivity contribution in [3.05, 3.63) is 64.7 Å². The van der Waals surface area contributed by atoms with Crippen molar-refractivity contribution in [3.63, 3.8) is 0 Å². The molecule has 0 unspecified atom stereocenters. The van der Waals surface area contributed by atoms with Crippen LogP contribution in [0.3, 0.4) is 0 Å². The van der Waals surface area contributed by atoms with Crippen molar-refractivity contribution in [3.8, 4) is 0 Å². The summed E-state index contributed by atoms with van der Waals surface area (Å²) in [6, 6.07) is 13.7. The van der Waals surface area contributed by atoms with E-state index in [1.54, 1.807) is 27.3 Å². The third-order valence-electron chi connectivity index (χ3n) is 5.39. The van der Waals surface area contributed by atoms with Crippen molar-refractivity contribution in [2.45, 2.75) is 44.8 Å². The van der Waals surface area contributed by atoms with Gasteiger partial charge < -0.3 is 4.90 Å². The smallest absolute Gasteiger partial charge is 0.331 e. The number of aromatic nitrogens is 3. The van der Waals surface area contributed by atoms with Crippen LogP contribution in [0.2, 0.25) is 0 Å². The molecule has 0 atom stereocenters. The molecule has 2 aromatic heterocycles. The van der Waals surface area contributed by atoms with Crippen molar-refractivity contribution < 1.29 is 4.79 Å². The van der Waals surface area contributed by atoms with Gasteiger partial charge in [-0.3, -0.25) is 13.9 Å². The zero-order chi connectivity index (χ0) is 18.8. The highest BCUT2D eigenvalue weighted by Gasteiger charge is 2.25. The molecule has 1 aromatic carbocycles. The van der Waals surface area contributed by atoms with E-state index in [0.29, 0.717) is 12.2 Å². The SMILES string of the molecule is CN(Cc1ccccc1)C(=O)Cn1c(=O)n(C2CCCC2)c2ncccc21. The lowest BCUT2D eigenvalue weighted by atomic mass is 10.2. The molecule has 4 rings (SSSR count). The highest BCUT2D eigenvalue weighted by Crippen LogP contribution is 2.30. The molecular formula is C21H24N4O2. The Balaban J connectivity index is 1.63. The molecular weight excluding hydrogens is 340 g/mol. The predicted molar refractivity (Wildman–Crippen MR) is 104 cm³/mol. The van der Waals surface area contributed by atoms with Gasteiger partial charge >= 0.3 is 5.69 Å². The maximum atomic E-state index is 13.1. The third-order valence-corrected chi connectivity index (χ3v) is 5.39. The summed E-state index contributed by atoms with van der Waals surface area (Å²) < 4.78 is 3.37. The first-order chi connectivity index (χ1) is 13.1. The van der Waals surface area contributed by atoms with E-state index in [0.717, 1.165) is 36.8 Å². The monoisotopic (exact) mass is 364 g/mol. The lowest BCUT2D eigenvalue weighted by Gasteiger charge is -2.17. The van der Waals surface area contributed by atoms with Crippen LogP contribution in [0.4, 0.5) is 0 Å². The van der Waals surface area contributed by atoms with Gasteiger partial charge in [-0.25, -0.2) is 9.78 Å². The molecule has 1 amide bonds. The Morgan fingerprint density at radius 3 is 2.63 bits per heavy atom. The minimum Gasteiger partial charge on any atom is -0.340 e. The molecule has 0 radical (unpaired) electrons. The number of carbonyl (C=O) groups excluding carboxylic acids is 1. The number of hydrogen-bond donors (Lipinski definition) is 0. The quantitative estimate of drug-likeness (QED) is 0.699. The van der Waals surface area contributed by atoms with Crippen molar-refractivity contribution in [1.82, 2.24) is 19.0 Å². The van der Waals surface area contributed by atoms with Gasteiger partial charge in [0.1, 0.15) is 6.54 Å². The molecule has 0 spiro atoms. The van der Waals surface area contributed by atoms with Gasteiger partial charge in [0, 0.05) is 25.8 Å². The van der Waals surface area contributed by atoms with Crippen LogP contribution in [0.5, 0.6) is 0 Å². The molecule has 0 N–H and O–H groups in total. The first-order valence-electron chi connectivity index (χ1n) is 9.49. The van der Waals surface area contributed by atoms with Crippen molar-refractivity contribution >= 4 is 17.1 Å². The van der Waals surface area contributed by atoms with Crippen LogP contribution in [0.1, 0.15) is 37.3 Å². The maximum absolute atomic E-state index is 13.1. The van der Waals surface area contributed by atoms with Crippen LogP contribution < -0.4 is 5.69 Å². The highest BCUT2D eigenvalue weighted by molar-refractivity contribution is 5.79. The van der Waals surface area contributed by atoms with Gasteiger partial charge in [-0.1, -0.05) is 43.2 Å². The number of pyridine rings is 1. The average Bonchev–Trinajstić information content (AvgIpc) is 3.29. The molecule has 1 aliphatic carbocycles. The van der Waals surface area contributed by atoms with E-state index in [9.17, 15) is 9.59 Å². The van der Waals surface area contributed by atoms with Gasteiger partial charge in [0.05, 0.1) is 5.52 Å². The molecule has 140 valence electrons. The second-order valence-electron chi connectivity index (χ2n) is 7.26. The molecule has 0 saturated heterocycles. The number of amides is 1. The molecule has 1 aliphatic rings. The molecule has 0 aliphatic heterocycles.